The molecule has 1 aromatic carbocycles. The van der Waals surface area contributed by atoms with E-state index in [1.165, 1.54) is 0 Å². The molecular formula is C21H27N3O3. The van der Waals surface area contributed by atoms with E-state index in [4.69, 9.17) is 4.74 Å². The van der Waals surface area contributed by atoms with E-state index < -0.39 is 11.7 Å². The summed E-state index contributed by atoms with van der Waals surface area (Å²) in [6.45, 7) is 7.34. The largest absolute Gasteiger partial charge is 0.444 e. The molecule has 2 heterocycles. The number of fused-ring (bicyclic) bond motifs is 1. The zero-order chi connectivity index (χ0) is 19.4. The van der Waals surface area contributed by atoms with Crippen molar-refractivity contribution >= 4 is 22.8 Å². The van der Waals surface area contributed by atoms with Crippen LogP contribution in [0.1, 0.15) is 44.1 Å². The van der Waals surface area contributed by atoms with Gasteiger partial charge in [0.05, 0.1) is 0 Å². The van der Waals surface area contributed by atoms with Crippen molar-refractivity contribution in [3.63, 3.8) is 0 Å². The fourth-order valence-electron chi connectivity index (χ4n) is 3.40. The average molecular weight is 369 g/mol. The van der Waals surface area contributed by atoms with E-state index in [0.29, 0.717) is 25.3 Å². The number of ether oxygens (including phenoxy) is 1. The molecule has 0 saturated carbocycles. The summed E-state index contributed by atoms with van der Waals surface area (Å²) in [5.41, 5.74) is -0.0209. The second kappa shape index (κ2) is 7.94. The van der Waals surface area contributed by atoms with Crippen molar-refractivity contribution < 1.29 is 14.3 Å². The Kier molecular flexibility index (Phi) is 5.63. The molecule has 0 bridgehead atoms. The van der Waals surface area contributed by atoms with Gasteiger partial charge in [0.25, 0.3) is 5.91 Å². The van der Waals surface area contributed by atoms with Crippen LogP contribution in [0.3, 0.4) is 0 Å². The number of rotatable bonds is 3. The molecule has 2 amide bonds. The molecule has 1 N–H and O–H groups in total. The summed E-state index contributed by atoms with van der Waals surface area (Å²) in [7, 11) is 0. The third kappa shape index (κ3) is 4.96. The lowest BCUT2D eigenvalue weighted by Gasteiger charge is -2.33. The first-order valence-corrected chi connectivity index (χ1v) is 9.43. The van der Waals surface area contributed by atoms with Crippen LogP contribution in [0.15, 0.2) is 36.5 Å². The van der Waals surface area contributed by atoms with Gasteiger partial charge in [-0.1, -0.05) is 24.3 Å². The van der Waals surface area contributed by atoms with Crippen molar-refractivity contribution in [2.45, 2.75) is 39.2 Å². The van der Waals surface area contributed by atoms with Gasteiger partial charge in [0.2, 0.25) is 0 Å². The number of carbonyl (C=O) groups excluding carboxylic acids is 2. The van der Waals surface area contributed by atoms with Gasteiger partial charge in [0.15, 0.2) is 0 Å². The maximum absolute atomic E-state index is 13.0. The summed E-state index contributed by atoms with van der Waals surface area (Å²) in [5.74, 6) is 0.166. The van der Waals surface area contributed by atoms with Gasteiger partial charge in [-0.3, -0.25) is 9.78 Å². The molecule has 1 fully saturated rings. The van der Waals surface area contributed by atoms with Crippen LogP contribution in [0.2, 0.25) is 0 Å². The Labute approximate surface area is 159 Å². The number of hydrogen-bond acceptors (Lipinski definition) is 4. The molecule has 2 aromatic rings. The van der Waals surface area contributed by atoms with E-state index in [1.54, 1.807) is 6.20 Å². The molecule has 1 aliphatic rings. The quantitative estimate of drug-likeness (QED) is 0.897. The van der Waals surface area contributed by atoms with Crippen molar-refractivity contribution in [3.8, 4) is 0 Å². The molecular weight excluding hydrogens is 342 g/mol. The minimum atomic E-state index is -0.515. The van der Waals surface area contributed by atoms with Crippen molar-refractivity contribution in [1.82, 2.24) is 15.2 Å². The van der Waals surface area contributed by atoms with E-state index in [-0.39, 0.29) is 11.8 Å². The second-order valence-electron chi connectivity index (χ2n) is 8.02. The van der Waals surface area contributed by atoms with Gasteiger partial charge in [-0.05, 0) is 51.0 Å². The smallest absolute Gasteiger partial charge is 0.407 e. The van der Waals surface area contributed by atoms with Gasteiger partial charge in [0.1, 0.15) is 11.3 Å². The SMILES string of the molecule is CC(C)(C)OC(=O)NC[C@@H]1CCCN(C(=O)c2nccc3ccccc23)C1. The Morgan fingerprint density at radius 1 is 1.26 bits per heavy atom. The predicted molar refractivity (Wildman–Crippen MR) is 105 cm³/mol. The maximum atomic E-state index is 13.0. The average Bonchev–Trinajstić information content (AvgIpc) is 2.64. The number of pyridine rings is 1. The first kappa shape index (κ1) is 19.1. The number of amides is 2. The van der Waals surface area contributed by atoms with Gasteiger partial charge >= 0.3 is 6.09 Å². The van der Waals surface area contributed by atoms with Crippen LogP contribution < -0.4 is 5.32 Å². The highest BCUT2D eigenvalue weighted by molar-refractivity contribution is 6.05. The van der Waals surface area contributed by atoms with Crippen LogP contribution >= 0.6 is 0 Å². The molecule has 27 heavy (non-hydrogen) atoms. The topological polar surface area (TPSA) is 71.5 Å². The summed E-state index contributed by atoms with van der Waals surface area (Å²) in [6.07, 6.45) is 3.16. The number of piperidine rings is 1. The van der Waals surface area contributed by atoms with Gasteiger partial charge in [0, 0.05) is 31.2 Å². The first-order chi connectivity index (χ1) is 12.8. The summed E-state index contributed by atoms with van der Waals surface area (Å²) in [5, 5.41) is 4.71. The summed E-state index contributed by atoms with van der Waals surface area (Å²) < 4.78 is 5.28. The number of hydrogen-bond donors (Lipinski definition) is 1. The third-order valence-electron chi connectivity index (χ3n) is 4.62. The van der Waals surface area contributed by atoms with E-state index in [2.05, 4.69) is 10.3 Å². The zero-order valence-corrected chi connectivity index (χ0v) is 16.2. The number of alkyl carbamates (subject to hydrolysis) is 1. The maximum Gasteiger partial charge on any atom is 0.407 e. The van der Waals surface area contributed by atoms with Crippen molar-refractivity contribution in [1.29, 1.82) is 0 Å². The molecule has 1 aromatic heterocycles. The Bertz CT molecular complexity index is 824. The molecule has 1 atom stereocenters. The number of aromatic nitrogens is 1. The Morgan fingerprint density at radius 3 is 2.81 bits per heavy atom. The van der Waals surface area contributed by atoms with Crippen molar-refractivity contribution in [3.05, 3.63) is 42.2 Å². The van der Waals surface area contributed by atoms with E-state index in [1.807, 2.05) is 56.0 Å². The Hall–Kier alpha value is -2.63. The van der Waals surface area contributed by atoms with Crippen LogP contribution in [0.4, 0.5) is 4.79 Å². The van der Waals surface area contributed by atoms with Crippen LogP contribution in [0.25, 0.3) is 10.8 Å². The number of benzene rings is 1. The first-order valence-electron chi connectivity index (χ1n) is 9.43. The minimum Gasteiger partial charge on any atom is -0.444 e. The van der Waals surface area contributed by atoms with E-state index in [9.17, 15) is 9.59 Å². The number of likely N-dealkylation sites (tertiary alicyclic amines) is 1. The van der Waals surface area contributed by atoms with Crippen LogP contribution in [-0.4, -0.2) is 47.1 Å². The molecule has 1 saturated heterocycles. The Morgan fingerprint density at radius 2 is 2.04 bits per heavy atom. The highest BCUT2D eigenvalue weighted by atomic mass is 16.6. The van der Waals surface area contributed by atoms with Crippen molar-refractivity contribution in [2.75, 3.05) is 19.6 Å². The number of nitrogens with zero attached hydrogens (tertiary/aromatic N) is 2. The minimum absolute atomic E-state index is 0.0474. The highest BCUT2D eigenvalue weighted by Gasteiger charge is 2.27. The molecule has 0 radical (unpaired) electrons. The zero-order valence-electron chi connectivity index (χ0n) is 16.2. The lowest BCUT2D eigenvalue weighted by atomic mass is 9.97. The van der Waals surface area contributed by atoms with Gasteiger partial charge in [-0.2, -0.15) is 0 Å². The van der Waals surface area contributed by atoms with Gasteiger partial charge in [-0.25, -0.2) is 4.79 Å². The lowest BCUT2D eigenvalue weighted by Crippen LogP contribution is -2.44. The number of carbonyl (C=O) groups is 2. The molecule has 0 aliphatic carbocycles. The fraction of sp³-hybridized carbons (Fsp3) is 0.476. The van der Waals surface area contributed by atoms with Crippen molar-refractivity contribution in [2.24, 2.45) is 5.92 Å². The monoisotopic (exact) mass is 369 g/mol. The Balaban J connectivity index is 1.64. The standard InChI is InChI=1S/C21H27N3O3/c1-21(2,3)27-20(26)23-13-15-7-6-12-24(14-15)19(25)18-17-9-5-4-8-16(17)10-11-22-18/h4-5,8-11,15H,6-7,12-14H2,1-3H3,(H,23,26)/t15-/m0/s1. The third-order valence-corrected chi connectivity index (χ3v) is 4.62. The molecule has 1 aliphatic heterocycles. The molecule has 3 rings (SSSR count). The second-order valence-corrected chi connectivity index (χ2v) is 8.02. The molecule has 0 unspecified atom stereocenters. The van der Waals surface area contributed by atoms with E-state index >= 15 is 0 Å². The fourth-order valence-corrected chi connectivity index (χ4v) is 3.40. The van der Waals surface area contributed by atoms with Crippen LogP contribution in [-0.2, 0) is 4.74 Å². The van der Waals surface area contributed by atoms with E-state index in [0.717, 1.165) is 23.6 Å². The molecule has 6 nitrogen and oxygen atoms in total. The predicted octanol–water partition coefficient (Wildman–Crippen LogP) is 3.61. The summed E-state index contributed by atoms with van der Waals surface area (Å²) >= 11 is 0. The normalized spacial score (nSPS) is 17.6. The summed E-state index contributed by atoms with van der Waals surface area (Å²) in [4.78, 5) is 31.1. The van der Waals surface area contributed by atoms with Gasteiger partial charge < -0.3 is 15.0 Å². The van der Waals surface area contributed by atoms with Crippen LogP contribution in [0.5, 0.6) is 0 Å². The lowest BCUT2D eigenvalue weighted by molar-refractivity contribution is 0.0502. The summed E-state index contributed by atoms with van der Waals surface area (Å²) in [6, 6.07) is 9.70. The highest BCUT2D eigenvalue weighted by Crippen LogP contribution is 2.22. The van der Waals surface area contributed by atoms with Crippen LogP contribution in [0, 0.1) is 5.92 Å². The molecule has 0 spiro atoms. The van der Waals surface area contributed by atoms with Gasteiger partial charge in [-0.15, -0.1) is 0 Å². The molecule has 6 heteroatoms. The number of nitrogens with one attached hydrogen (secondary N) is 1. The molecule has 144 valence electrons.